The fourth-order valence-electron chi connectivity index (χ4n) is 2.66. The Morgan fingerprint density at radius 3 is 2.67 bits per heavy atom. The number of alkyl halides is 1. The van der Waals surface area contributed by atoms with Crippen molar-refractivity contribution in [2.45, 2.75) is 37.4 Å². The van der Waals surface area contributed by atoms with Crippen LogP contribution in [0.25, 0.3) is 0 Å². The summed E-state index contributed by atoms with van der Waals surface area (Å²) in [5.74, 6) is 1.84. The third kappa shape index (κ3) is 1.48. The molecule has 18 heavy (non-hydrogen) atoms. The molecule has 92 valence electrons. The fourth-order valence-corrected chi connectivity index (χ4v) is 2.66. The van der Waals surface area contributed by atoms with Crippen LogP contribution in [-0.4, -0.2) is 14.8 Å². The molecule has 0 bridgehead atoms. The van der Waals surface area contributed by atoms with Crippen molar-refractivity contribution in [3.63, 3.8) is 0 Å². The van der Waals surface area contributed by atoms with Gasteiger partial charge in [0.1, 0.15) is 0 Å². The minimum absolute atomic E-state index is 0.0104. The van der Waals surface area contributed by atoms with Crippen LogP contribution in [0, 0.1) is 0 Å². The molecule has 1 aliphatic heterocycles. The molecule has 0 radical (unpaired) electrons. The van der Waals surface area contributed by atoms with E-state index in [0.29, 0.717) is 18.2 Å². The molecule has 0 N–H and O–H groups in total. The summed E-state index contributed by atoms with van der Waals surface area (Å²) >= 11 is 0. The lowest BCUT2D eigenvalue weighted by Gasteiger charge is -2.11. The van der Waals surface area contributed by atoms with E-state index in [2.05, 4.69) is 10.1 Å². The lowest BCUT2D eigenvalue weighted by atomic mass is 10.0. The number of aromatic nitrogens is 3. The lowest BCUT2D eigenvalue weighted by molar-refractivity contribution is 0.328. The Kier molecular flexibility index (Phi) is 2.07. The summed E-state index contributed by atoms with van der Waals surface area (Å²) in [5.41, 5.74) is 1.12. The van der Waals surface area contributed by atoms with Crippen LogP contribution in [0.3, 0.4) is 0 Å². The normalized spacial score (nSPS) is 26.3. The van der Waals surface area contributed by atoms with Gasteiger partial charge in [-0.1, -0.05) is 30.3 Å². The van der Waals surface area contributed by atoms with Gasteiger partial charge in [-0.2, -0.15) is 5.10 Å². The fraction of sp³-hybridized carbons (Fsp3) is 0.429. The predicted molar refractivity (Wildman–Crippen MR) is 65.0 cm³/mol. The molecule has 0 unspecified atom stereocenters. The van der Waals surface area contributed by atoms with Gasteiger partial charge < -0.3 is 0 Å². The Morgan fingerprint density at radius 1 is 1.17 bits per heavy atom. The van der Waals surface area contributed by atoms with Crippen molar-refractivity contribution in [3.8, 4) is 0 Å². The van der Waals surface area contributed by atoms with Crippen molar-refractivity contribution >= 4 is 0 Å². The topological polar surface area (TPSA) is 30.7 Å². The maximum absolute atomic E-state index is 14.0. The van der Waals surface area contributed by atoms with Crippen molar-refractivity contribution in [1.82, 2.24) is 14.8 Å². The van der Waals surface area contributed by atoms with Crippen LogP contribution in [0.1, 0.15) is 54.6 Å². The van der Waals surface area contributed by atoms with Gasteiger partial charge in [0.2, 0.25) is 0 Å². The second kappa shape index (κ2) is 3.64. The minimum atomic E-state index is -0.977. The lowest BCUT2D eigenvalue weighted by Crippen LogP contribution is -2.07. The van der Waals surface area contributed by atoms with Gasteiger partial charge in [0.25, 0.3) is 0 Å². The van der Waals surface area contributed by atoms with Gasteiger partial charge in [-0.3, -0.25) is 0 Å². The van der Waals surface area contributed by atoms with E-state index in [1.807, 2.05) is 30.3 Å². The zero-order valence-corrected chi connectivity index (χ0v) is 9.96. The first-order valence-corrected chi connectivity index (χ1v) is 6.48. The summed E-state index contributed by atoms with van der Waals surface area (Å²) < 4.78 is 15.8. The largest absolute Gasteiger partial charge is 0.239 e. The molecule has 0 spiro atoms. The second-order valence-corrected chi connectivity index (χ2v) is 5.18. The molecule has 2 atom stereocenters. The number of fused-ring (bicyclic) bond motifs is 1. The summed E-state index contributed by atoms with van der Waals surface area (Å²) in [6.45, 7) is 0. The predicted octanol–water partition coefficient (Wildman–Crippen LogP) is 3.16. The molecular formula is C14H14FN3. The Morgan fingerprint density at radius 2 is 1.94 bits per heavy atom. The van der Waals surface area contributed by atoms with Crippen molar-refractivity contribution in [3.05, 3.63) is 47.5 Å². The Hall–Kier alpha value is -1.71. The third-order valence-corrected chi connectivity index (χ3v) is 3.81. The first kappa shape index (κ1) is 10.2. The number of hydrogen-bond acceptors (Lipinski definition) is 2. The number of rotatable bonds is 2. The average molecular weight is 243 g/mol. The van der Waals surface area contributed by atoms with Crippen LogP contribution < -0.4 is 0 Å². The monoisotopic (exact) mass is 243 g/mol. The quantitative estimate of drug-likeness (QED) is 0.811. The van der Waals surface area contributed by atoms with Gasteiger partial charge in [0.15, 0.2) is 17.8 Å². The number of halogens is 1. The number of benzene rings is 1. The van der Waals surface area contributed by atoms with E-state index in [9.17, 15) is 4.39 Å². The number of nitrogens with zero attached hydrogens (tertiary/aromatic N) is 3. The molecule has 0 saturated heterocycles. The molecule has 1 aliphatic carbocycles. The summed E-state index contributed by atoms with van der Waals surface area (Å²) in [6, 6.07) is 10.0. The maximum Gasteiger partial charge on any atom is 0.162 e. The van der Waals surface area contributed by atoms with Gasteiger partial charge in [-0.15, -0.1) is 0 Å². The van der Waals surface area contributed by atoms with E-state index >= 15 is 0 Å². The molecule has 1 aromatic heterocycles. The summed E-state index contributed by atoms with van der Waals surface area (Å²) in [7, 11) is 0. The van der Waals surface area contributed by atoms with E-state index in [1.54, 1.807) is 4.68 Å². The molecule has 2 aliphatic rings. The zero-order valence-electron chi connectivity index (χ0n) is 9.96. The average Bonchev–Trinajstić information content (AvgIpc) is 3.08. The van der Waals surface area contributed by atoms with E-state index < -0.39 is 6.17 Å². The van der Waals surface area contributed by atoms with E-state index in [0.717, 1.165) is 24.2 Å². The molecule has 1 saturated carbocycles. The first-order chi connectivity index (χ1) is 8.83. The van der Waals surface area contributed by atoms with Gasteiger partial charge in [0, 0.05) is 12.3 Å². The Balaban J connectivity index is 1.76. The summed E-state index contributed by atoms with van der Waals surface area (Å²) in [5, 5.41) is 4.53. The molecular weight excluding hydrogens is 229 g/mol. The first-order valence-electron chi connectivity index (χ1n) is 6.48. The van der Waals surface area contributed by atoms with Crippen LogP contribution in [0.15, 0.2) is 30.3 Å². The van der Waals surface area contributed by atoms with Crippen LogP contribution in [0.5, 0.6) is 0 Å². The standard InChI is InChI=1S/C14H14FN3/c15-11-8-12(9-4-2-1-3-5-9)18-14(11)16-13(17-18)10-6-7-10/h1-5,10-12H,6-8H2/t11-,12-/m0/s1. The van der Waals surface area contributed by atoms with Crippen molar-refractivity contribution in [1.29, 1.82) is 0 Å². The van der Waals surface area contributed by atoms with Crippen LogP contribution in [0.2, 0.25) is 0 Å². The highest BCUT2D eigenvalue weighted by Gasteiger charge is 2.38. The van der Waals surface area contributed by atoms with Gasteiger partial charge in [-0.25, -0.2) is 14.1 Å². The van der Waals surface area contributed by atoms with Gasteiger partial charge in [-0.05, 0) is 18.4 Å². The molecule has 2 heterocycles. The highest BCUT2D eigenvalue weighted by atomic mass is 19.1. The van der Waals surface area contributed by atoms with Gasteiger partial charge >= 0.3 is 0 Å². The Bertz CT molecular complexity index is 574. The molecule has 4 rings (SSSR count). The van der Waals surface area contributed by atoms with Crippen LogP contribution >= 0.6 is 0 Å². The van der Waals surface area contributed by atoms with E-state index in [1.165, 1.54) is 0 Å². The molecule has 0 amide bonds. The van der Waals surface area contributed by atoms with Crippen molar-refractivity contribution in [2.75, 3.05) is 0 Å². The van der Waals surface area contributed by atoms with Crippen molar-refractivity contribution in [2.24, 2.45) is 0 Å². The maximum atomic E-state index is 14.0. The molecule has 4 heteroatoms. The molecule has 2 aromatic rings. The number of hydrogen-bond donors (Lipinski definition) is 0. The van der Waals surface area contributed by atoms with Crippen LogP contribution in [-0.2, 0) is 0 Å². The highest BCUT2D eigenvalue weighted by molar-refractivity contribution is 5.24. The van der Waals surface area contributed by atoms with E-state index in [-0.39, 0.29) is 6.04 Å². The third-order valence-electron chi connectivity index (χ3n) is 3.81. The van der Waals surface area contributed by atoms with Crippen molar-refractivity contribution < 1.29 is 4.39 Å². The minimum Gasteiger partial charge on any atom is -0.239 e. The highest BCUT2D eigenvalue weighted by Crippen LogP contribution is 2.43. The molecule has 1 fully saturated rings. The molecule has 1 aromatic carbocycles. The molecule has 3 nitrogen and oxygen atoms in total. The smallest absolute Gasteiger partial charge is 0.162 e. The zero-order chi connectivity index (χ0) is 12.1. The van der Waals surface area contributed by atoms with Crippen LogP contribution in [0.4, 0.5) is 4.39 Å². The van der Waals surface area contributed by atoms with Gasteiger partial charge in [0.05, 0.1) is 6.04 Å². The SMILES string of the molecule is F[C@H]1C[C@@H](c2ccccc2)n2nc(C3CC3)nc21. The summed E-state index contributed by atoms with van der Waals surface area (Å²) in [6.07, 6.45) is 1.78. The second-order valence-electron chi connectivity index (χ2n) is 5.18. The summed E-state index contributed by atoms with van der Waals surface area (Å²) in [4.78, 5) is 4.39. The Labute approximate surface area is 105 Å². The van der Waals surface area contributed by atoms with E-state index in [4.69, 9.17) is 0 Å².